The number of carbonyl (C=O) groups excluding carboxylic acids is 1. The summed E-state index contributed by atoms with van der Waals surface area (Å²) in [6, 6.07) is 18.0. The maximum absolute atomic E-state index is 12.3. The summed E-state index contributed by atoms with van der Waals surface area (Å²) in [5.41, 5.74) is 2.13. The molecule has 0 spiro atoms. The van der Waals surface area contributed by atoms with Crippen LogP contribution >= 0.6 is 0 Å². The summed E-state index contributed by atoms with van der Waals surface area (Å²) < 4.78 is 4.86. The lowest BCUT2D eigenvalue weighted by atomic mass is 10.1. The number of aromatic amines is 1. The first-order valence-electron chi connectivity index (χ1n) is 7.16. The molecular weight excluding hydrogens is 290 g/mol. The summed E-state index contributed by atoms with van der Waals surface area (Å²) in [7, 11) is 1.32. The van der Waals surface area contributed by atoms with E-state index in [1.807, 2.05) is 36.4 Å². The Morgan fingerprint density at radius 1 is 1.04 bits per heavy atom. The summed E-state index contributed by atoms with van der Waals surface area (Å²) in [4.78, 5) is 27.6. The molecule has 114 valence electrons. The fourth-order valence-corrected chi connectivity index (χ4v) is 2.41. The van der Waals surface area contributed by atoms with E-state index in [0.29, 0.717) is 22.2 Å². The third kappa shape index (κ3) is 3.06. The lowest BCUT2D eigenvalue weighted by molar-refractivity contribution is -0.133. The number of aromatic nitrogens is 1. The van der Waals surface area contributed by atoms with Crippen molar-refractivity contribution < 1.29 is 9.53 Å². The summed E-state index contributed by atoms with van der Waals surface area (Å²) >= 11 is 0. The van der Waals surface area contributed by atoms with Gasteiger partial charge in [-0.3, -0.25) is 4.79 Å². The van der Waals surface area contributed by atoms with E-state index >= 15 is 0 Å². The molecule has 3 aromatic rings. The number of hydrogen-bond donors (Lipinski definition) is 1. The van der Waals surface area contributed by atoms with Crippen LogP contribution in [0.25, 0.3) is 22.6 Å². The molecular formula is C19H15NO3. The van der Waals surface area contributed by atoms with Gasteiger partial charge >= 0.3 is 5.97 Å². The van der Waals surface area contributed by atoms with Crippen molar-refractivity contribution in [3.05, 3.63) is 82.1 Å². The van der Waals surface area contributed by atoms with Crippen LogP contribution in [0.2, 0.25) is 0 Å². The Balaban J connectivity index is 2.20. The number of carbonyl (C=O) groups is 1. The molecule has 0 aliphatic heterocycles. The van der Waals surface area contributed by atoms with E-state index in [1.165, 1.54) is 13.2 Å². The summed E-state index contributed by atoms with van der Waals surface area (Å²) in [6.07, 6.45) is 1.70. The lowest BCUT2D eigenvalue weighted by Gasteiger charge is -2.08. The maximum Gasteiger partial charge on any atom is 0.339 e. The molecule has 1 aromatic heterocycles. The van der Waals surface area contributed by atoms with E-state index in [0.717, 1.165) is 5.56 Å². The van der Waals surface area contributed by atoms with Gasteiger partial charge in [-0.15, -0.1) is 0 Å². The fourth-order valence-electron chi connectivity index (χ4n) is 2.41. The van der Waals surface area contributed by atoms with E-state index in [1.54, 1.807) is 24.3 Å². The minimum atomic E-state index is -0.500. The monoisotopic (exact) mass is 305 g/mol. The SMILES string of the molecule is COC(=O)C(=Cc1ccccc1)c1cc(=O)c2ccccc2[nH]1. The molecule has 4 nitrogen and oxygen atoms in total. The third-order valence-electron chi connectivity index (χ3n) is 3.54. The Hall–Kier alpha value is -3.14. The maximum atomic E-state index is 12.3. The summed E-state index contributed by atoms with van der Waals surface area (Å²) in [5.74, 6) is -0.500. The smallest absolute Gasteiger partial charge is 0.339 e. The van der Waals surface area contributed by atoms with Gasteiger partial charge in [-0.2, -0.15) is 0 Å². The molecule has 0 saturated heterocycles. The van der Waals surface area contributed by atoms with Crippen molar-refractivity contribution in [2.45, 2.75) is 0 Å². The van der Waals surface area contributed by atoms with Crippen LogP contribution in [0, 0.1) is 0 Å². The van der Waals surface area contributed by atoms with E-state index in [-0.39, 0.29) is 5.43 Å². The van der Waals surface area contributed by atoms with Gasteiger partial charge < -0.3 is 9.72 Å². The Kier molecular flexibility index (Phi) is 4.06. The predicted octanol–water partition coefficient (Wildman–Crippen LogP) is 3.24. The first-order chi connectivity index (χ1) is 11.2. The minimum absolute atomic E-state index is 0.141. The second-order valence-electron chi connectivity index (χ2n) is 5.05. The number of H-pyrrole nitrogens is 1. The molecule has 3 rings (SSSR count). The second-order valence-corrected chi connectivity index (χ2v) is 5.05. The number of rotatable bonds is 3. The lowest BCUT2D eigenvalue weighted by Crippen LogP contribution is -2.10. The van der Waals surface area contributed by atoms with Gasteiger partial charge in [0, 0.05) is 17.0 Å². The highest BCUT2D eigenvalue weighted by molar-refractivity contribution is 6.21. The van der Waals surface area contributed by atoms with Crippen molar-refractivity contribution in [1.82, 2.24) is 4.98 Å². The Morgan fingerprint density at radius 3 is 2.48 bits per heavy atom. The number of methoxy groups -OCH3 is 1. The Morgan fingerprint density at radius 2 is 1.74 bits per heavy atom. The zero-order valence-corrected chi connectivity index (χ0v) is 12.6. The van der Waals surface area contributed by atoms with Gasteiger partial charge in [0.1, 0.15) is 0 Å². The fraction of sp³-hybridized carbons (Fsp3) is 0.0526. The van der Waals surface area contributed by atoms with Crippen LogP contribution in [0.1, 0.15) is 11.3 Å². The minimum Gasteiger partial charge on any atom is -0.465 e. The Labute approximate surface area is 133 Å². The van der Waals surface area contributed by atoms with Gasteiger partial charge in [0.25, 0.3) is 0 Å². The number of esters is 1. The van der Waals surface area contributed by atoms with Crippen LogP contribution in [-0.4, -0.2) is 18.1 Å². The predicted molar refractivity (Wildman–Crippen MR) is 90.9 cm³/mol. The zero-order chi connectivity index (χ0) is 16.2. The molecule has 0 unspecified atom stereocenters. The normalized spacial score (nSPS) is 11.4. The number of hydrogen-bond acceptors (Lipinski definition) is 3. The van der Waals surface area contributed by atoms with Gasteiger partial charge in [0.05, 0.1) is 18.4 Å². The molecule has 23 heavy (non-hydrogen) atoms. The highest BCUT2D eigenvalue weighted by Crippen LogP contribution is 2.19. The summed E-state index contributed by atoms with van der Waals surface area (Å²) in [6.45, 7) is 0. The molecule has 2 aromatic carbocycles. The van der Waals surface area contributed by atoms with E-state index in [4.69, 9.17) is 4.74 Å². The molecule has 4 heteroatoms. The van der Waals surface area contributed by atoms with Crippen LogP contribution in [-0.2, 0) is 9.53 Å². The quantitative estimate of drug-likeness (QED) is 0.597. The standard InChI is InChI=1S/C19H15NO3/c1-23-19(22)15(11-13-7-3-2-4-8-13)17-12-18(21)14-9-5-6-10-16(14)20-17/h2-12H,1H3,(H,20,21). The van der Waals surface area contributed by atoms with Crippen LogP contribution in [0.15, 0.2) is 65.5 Å². The average molecular weight is 305 g/mol. The second kappa shape index (κ2) is 6.32. The van der Waals surface area contributed by atoms with Gasteiger partial charge in [0.2, 0.25) is 0 Å². The average Bonchev–Trinajstić information content (AvgIpc) is 2.60. The van der Waals surface area contributed by atoms with Crippen molar-refractivity contribution in [2.75, 3.05) is 7.11 Å². The number of para-hydroxylation sites is 1. The van der Waals surface area contributed by atoms with Crippen LogP contribution in [0.3, 0.4) is 0 Å². The number of nitrogens with one attached hydrogen (secondary N) is 1. The molecule has 1 N–H and O–H groups in total. The Bertz CT molecular complexity index is 939. The third-order valence-corrected chi connectivity index (χ3v) is 3.54. The van der Waals surface area contributed by atoms with E-state index in [2.05, 4.69) is 4.98 Å². The topological polar surface area (TPSA) is 59.2 Å². The van der Waals surface area contributed by atoms with Gasteiger partial charge in [0.15, 0.2) is 5.43 Å². The highest BCUT2D eigenvalue weighted by atomic mass is 16.5. The molecule has 0 fully saturated rings. The first kappa shape index (κ1) is 14.8. The van der Waals surface area contributed by atoms with Crippen molar-refractivity contribution in [3.63, 3.8) is 0 Å². The van der Waals surface area contributed by atoms with Gasteiger partial charge in [-0.25, -0.2) is 4.79 Å². The van der Waals surface area contributed by atoms with Crippen molar-refractivity contribution >= 4 is 28.5 Å². The van der Waals surface area contributed by atoms with Crippen molar-refractivity contribution in [2.24, 2.45) is 0 Å². The number of ether oxygens (including phenoxy) is 1. The molecule has 1 heterocycles. The number of pyridine rings is 1. The molecule has 0 bridgehead atoms. The molecule has 0 aliphatic rings. The molecule has 0 amide bonds. The van der Waals surface area contributed by atoms with Gasteiger partial charge in [-0.05, 0) is 23.8 Å². The van der Waals surface area contributed by atoms with Crippen LogP contribution in [0.4, 0.5) is 0 Å². The molecule has 0 radical (unpaired) electrons. The molecule has 0 saturated carbocycles. The van der Waals surface area contributed by atoms with Gasteiger partial charge in [-0.1, -0.05) is 42.5 Å². The molecule has 0 aliphatic carbocycles. The van der Waals surface area contributed by atoms with E-state index in [9.17, 15) is 9.59 Å². The number of fused-ring (bicyclic) bond motifs is 1. The van der Waals surface area contributed by atoms with Crippen LogP contribution in [0.5, 0.6) is 0 Å². The zero-order valence-electron chi connectivity index (χ0n) is 12.6. The number of benzene rings is 2. The first-order valence-corrected chi connectivity index (χ1v) is 7.16. The largest absolute Gasteiger partial charge is 0.465 e. The molecule has 0 atom stereocenters. The van der Waals surface area contributed by atoms with Crippen LogP contribution < -0.4 is 5.43 Å². The van der Waals surface area contributed by atoms with Crippen molar-refractivity contribution in [3.8, 4) is 0 Å². The highest BCUT2D eigenvalue weighted by Gasteiger charge is 2.15. The summed E-state index contributed by atoms with van der Waals surface area (Å²) in [5, 5.41) is 0.583. The van der Waals surface area contributed by atoms with Crippen molar-refractivity contribution in [1.29, 1.82) is 0 Å². The van der Waals surface area contributed by atoms with E-state index < -0.39 is 5.97 Å².